The topological polar surface area (TPSA) is 0 Å². The lowest BCUT2D eigenvalue weighted by molar-refractivity contribution is 0.420. The summed E-state index contributed by atoms with van der Waals surface area (Å²) < 4.78 is 1.18. The van der Waals surface area contributed by atoms with E-state index in [1.807, 2.05) is 0 Å². The third-order valence-corrected chi connectivity index (χ3v) is 7.72. The third kappa shape index (κ3) is 3.38. The van der Waals surface area contributed by atoms with Gasteiger partial charge in [-0.2, -0.15) is 0 Å². The molecule has 3 aromatic carbocycles. The van der Waals surface area contributed by atoms with Gasteiger partial charge in [-0.25, -0.2) is 0 Å². The summed E-state index contributed by atoms with van der Waals surface area (Å²) in [5, 5.41) is 0. The predicted octanol–water partition coefficient (Wildman–Crippen LogP) is 8.93. The van der Waals surface area contributed by atoms with Gasteiger partial charge in [0.1, 0.15) is 0 Å². The largest absolute Gasteiger partial charge is 0.0619 e. The van der Waals surface area contributed by atoms with Crippen molar-refractivity contribution in [1.29, 1.82) is 0 Å². The van der Waals surface area contributed by atoms with Gasteiger partial charge in [0.25, 0.3) is 0 Å². The summed E-state index contributed by atoms with van der Waals surface area (Å²) in [7, 11) is 0. The highest BCUT2D eigenvalue weighted by molar-refractivity contribution is 9.10. The van der Waals surface area contributed by atoms with Crippen LogP contribution >= 0.6 is 15.9 Å². The second-order valence-corrected chi connectivity index (χ2v) is 9.94. The van der Waals surface area contributed by atoms with Gasteiger partial charge in [-0.05, 0) is 108 Å². The van der Waals surface area contributed by atoms with E-state index in [0.717, 1.165) is 5.92 Å². The molecule has 148 valence electrons. The molecule has 3 aromatic rings. The van der Waals surface area contributed by atoms with Gasteiger partial charge in [0.2, 0.25) is 0 Å². The van der Waals surface area contributed by atoms with Crippen LogP contribution in [0.25, 0.3) is 22.3 Å². The summed E-state index contributed by atoms with van der Waals surface area (Å²) in [6, 6.07) is 20.8. The van der Waals surface area contributed by atoms with E-state index in [0.29, 0.717) is 5.92 Å². The first-order chi connectivity index (χ1) is 14.1. The zero-order valence-electron chi connectivity index (χ0n) is 17.5. The Morgan fingerprint density at radius 3 is 1.79 bits per heavy atom. The second kappa shape index (κ2) is 7.76. The molecule has 0 amide bonds. The van der Waals surface area contributed by atoms with Crippen LogP contribution in [0.1, 0.15) is 72.6 Å². The van der Waals surface area contributed by atoms with Gasteiger partial charge < -0.3 is 0 Å². The number of rotatable bonds is 4. The standard InChI is InChI=1S/C28H29Br/c1-18-13-14-19(2)28(26-17-22(29)15-16-24(26)21-9-6-10-21)27(18)25-12-4-3-11-23(25)20-7-5-8-20/h3-4,11-17,20-21H,5-10H2,1-2H3. The summed E-state index contributed by atoms with van der Waals surface area (Å²) in [5.74, 6) is 1.44. The second-order valence-electron chi connectivity index (χ2n) is 9.02. The fraction of sp³-hybridized carbons (Fsp3) is 0.357. The number of halogens is 1. The molecule has 2 aliphatic rings. The van der Waals surface area contributed by atoms with Gasteiger partial charge in [0, 0.05) is 4.47 Å². The molecule has 0 aliphatic heterocycles. The van der Waals surface area contributed by atoms with Crippen molar-refractivity contribution in [2.24, 2.45) is 0 Å². The van der Waals surface area contributed by atoms with E-state index in [2.05, 4.69) is 84.4 Å². The Morgan fingerprint density at radius 2 is 1.21 bits per heavy atom. The van der Waals surface area contributed by atoms with Crippen molar-refractivity contribution in [3.63, 3.8) is 0 Å². The lowest BCUT2D eigenvalue weighted by atomic mass is 9.73. The summed E-state index contributed by atoms with van der Waals surface area (Å²) in [5.41, 5.74) is 11.6. The van der Waals surface area contributed by atoms with Crippen LogP contribution in [0.3, 0.4) is 0 Å². The molecule has 0 bridgehead atoms. The molecule has 0 unspecified atom stereocenters. The Kier molecular flexibility index (Phi) is 5.12. The molecular formula is C28H29Br. The monoisotopic (exact) mass is 444 g/mol. The Hall–Kier alpha value is -1.86. The molecule has 0 nitrogen and oxygen atoms in total. The highest BCUT2D eigenvalue weighted by Gasteiger charge is 2.27. The summed E-state index contributed by atoms with van der Waals surface area (Å²) >= 11 is 3.76. The lowest BCUT2D eigenvalue weighted by Gasteiger charge is -2.31. The molecule has 0 saturated heterocycles. The molecule has 0 heterocycles. The molecule has 0 aromatic heterocycles. The minimum absolute atomic E-state index is 0.715. The molecule has 5 rings (SSSR count). The van der Waals surface area contributed by atoms with Gasteiger partial charge in [-0.15, -0.1) is 0 Å². The smallest absolute Gasteiger partial charge is 0.0181 e. The van der Waals surface area contributed by atoms with E-state index in [9.17, 15) is 0 Å². The van der Waals surface area contributed by atoms with Gasteiger partial charge >= 0.3 is 0 Å². The Labute approximate surface area is 183 Å². The van der Waals surface area contributed by atoms with Crippen LogP contribution in [-0.2, 0) is 0 Å². The minimum atomic E-state index is 0.715. The SMILES string of the molecule is Cc1ccc(C)c(-c2cc(Br)ccc2C2CCC2)c1-c1ccccc1C1CCC1. The molecule has 0 radical (unpaired) electrons. The van der Waals surface area contributed by atoms with E-state index >= 15 is 0 Å². The quantitative estimate of drug-likeness (QED) is 0.376. The average Bonchev–Trinajstić information content (AvgIpc) is 2.63. The number of hydrogen-bond acceptors (Lipinski definition) is 0. The van der Waals surface area contributed by atoms with Crippen LogP contribution in [0.2, 0.25) is 0 Å². The Balaban J connectivity index is 1.77. The van der Waals surface area contributed by atoms with E-state index < -0.39 is 0 Å². The molecular weight excluding hydrogens is 416 g/mol. The van der Waals surface area contributed by atoms with Gasteiger partial charge in [-0.3, -0.25) is 0 Å². The maximum absolute atomic E-state index is 3.76. The summed E-state index contributed by atoms with van der Waals surface area (Å²) in [6.07, 6.45) is 8.06. The van der Waals surface area contributed by atoms with Crippen molar-refractivity contribution >= 4 is 15.9 Å². The zero-order valence-corrected chi connectivity index (χ0v) is 19.1. The molecule has 1 heteroatoms. The highest BCUT2D eigenvalue weighted by atomic mass is 79.9. The average molecular weight is 445 g/mol. The fourth-order valence-electron chi connectivity index (χ4n) is 5.13. The normalized spacial score (nSPS) is 17.1. The first-order valence-corrected chi connectivity index (χ1v) is 11.9. The molecule has 0 atom stereocenters. The summed E-state index contributed by atoms with van der Waals surface area (Å²) in [6.45, 7) is 4.58. The van der Waals surface area contributed by atoms with Crippen LogP contribution in [0.4, 0.5) is 0 Å². The Bertz CT molecular complexity index is 1050. The predicted molar refractivity (Wildman–Crippen MR) is 128 cm³/mol. The lowest BCUT2D eigenvalue weighted by Crippen LogP contribution is -2.12. The van der Waals surface area contributed by atoms with Crippen molar-refractivity contribution in [2.45, 2.75) is 64.2 Å². The van der Waals surface area contributed by atoms with Crippen molar-refractivity contribution in [3.05, 3.63) is 81.3 Å². The molecule has 29 heavy (non-hydrogen) atoms. The number of benzene rings is 3. The van der Waals surface area contributed by atoms with Crippen LogP contribution < -0.4 is 0 Å². The molecule has 0 N–H and O–H groups in total. The first kappa shape index (κ1) is 19.1. The molecule has 2 aliphatic carbocycles. The maximum Gasteiger partial charge on any atom is 0.0181 e. The molecule has 2 fully saturated rings. The molecule has 2 saturated carbocycles. The summed E-state index contributed by atoms with van der Waals surface area (Å²) in [4.78, 5) is 0. The highest BCUT2D eigenvalue weighted by Crippen LogP contribution is 2.48. The maximum atomic E-state index is 3.76. The number of aryl methyl sites for hydroxylation is 2. The molecule has 0 spiro atoms. The van der Waals surface area contributed by atoms with Crippen molar-refractivity contribution in [3.8, 4) is 22.3 Å². The van der Waals surface area contributed by atoms with Crippen LogP contribution in [0, 0.1) is 13.8 Å². The van der Waals surface area contributed by atoms with Crippen molar-refractivity contribution in [2.75, 3.05) is 0 Å². The minimum Gasteiger partial charge on any atom is -0.0619 e. The van der Waals surface area contributed by atoms with Crippen LogP contribution in [0.15, 0.2) is 59.1 Å². The van der Waals surface area contributed by atoms with Gasteiger partial charge in [-0.1, -0.05) is 71.2 Å². The van der Waals surface area contributed by atoms with E-state index in [-0.39, 0.29) is 0 Å². The zero-order chi connectivity index (χ0) is 20.0. The van der Waals surface area contributed by atoms with E-state index in [1.165, 1.54) is 81.9 Å². The third-order valence-electron chi connectivity index (χ3n) is 7.23. The van der Waals surface area contributed by atoms with E-state index in [4.69, 9.17) is 0 Å². The Morgan fingerprint density at radius 1 is 0.655 bits per heavy atom. The van der Waals surface area contributed by atoms with Crippen molar-refractivity contribution in [1.82, 2.24) is 0 Å². The number of hydrogen-bond donors (Lipinski definition) is 0. The van der Waals surface area contributed by atoms with Crippen LogP contribution in [-0.4, -0.2) is 0 Å². The first-order valence-electron chi connectivity index (χ1n) is 11.1. The van der Waals surface area contributed by atoms with Gasteiger partial charge in [0.15, 0.2) is 0 Å². The van der Waals surface area contributed by atoms with Crippen LogP contribution in [0.5, 0.6) is 0 Å². The van der Waals surface area contributed by atoms with E-state index in [1.54, 1.807) is 5.56 Å². The van der Waals surface area contributed by atoms with Crippen molar-refractivity contribution < 1.29 is 0 Å². The van der Waals surface area contributed by atoms with Gasteiger partial charge in [0.05, 0.1) is 0 Å². The fourth-order valence-corrected chi connectivity index (χ4v) is 5.49.